The van der Waals surface area contributed by atoms with Crippen LogP contribution in [-0.2, 0) is 14.8 Å². The molecule has 0 aromatic heterocycles. The van der Waals surface area contributed by atoms with Gasteiger partial charge in [-0.25, -0.2) is 13.2 Å². The number of alkyl halides is 3. The number of esters is 1. The van der Waals surface area contributed by atoms with Crippen LogP contribution in [0, 0.1) is 6.92 Å². The molecule has 0 spiro atoms. The van der Waals surface area contributed by atoms with E-state index in [1.54, 1.807) is 6.92 Å². The minimum Gasteiger partial charge on any atom is -0.465 e. The molecule has 0 amide bonds. The Balaban J connectivity index is 2.22. The average Bonchev–Trinajstić information content (AvgIpc) is 2.55. The number of carbonyl (C=O) groups is 1. The van der Waals surface area contributed by atoms with Gasteiger partial charge in [-0.3, -0.25) is 4.72 Å². The van der Waals surface area contributed by atoms with Crippen LogP contribution < -0.4 is 9.46 Å². The van der Waals surface area contributed by atoms with Crippen LogP contribution in [0.3, 0.4) is 0 Å². The molecule has 0 heterocycles. The summed E-state index contributed by atoms with van der Waals surface area (Å²) in [4.78, 5) is 11.2. The van der Waals surface area contributed by atoms with E-state index in [9.17, 15) is 26.4 Å². The molecule has 140 valence electrons. The average molecular weight is 389 g/mol. The van der Waals surface area contributed by atoms with Gasteiger partial charge in [0.25, 0.3) is 10.0 Å². The van der Waals surface area contributed by atoms with E-state index in [-0.39, 0.29) is 16.1 Å². The number of halogens is 3. The molecular weight excluding hydrogens is 375 g/mol. The summed E-state index contributed by atoms with van der Waals surface area (Å²) in [5.41, 5.74) is 0.934. The van der Waals surface area contributed by atoms with Crippen molar-refractivity contribution >= 4 is 21.7 Å². The number of ether oxygens (including phenoxy) is 2. The molecule has 0 unspecified atom stereocenters. The predicted molar refractivity (Wildman–Crippen MR) is 86.5 cm³/mol. The third-order valence-corrected chi connectivity index (χ3v) is 4.64. The molecule has 0 aliphatic heterocycles. The molecule has 0 aliphatic rings. The van der Waals surface area contributed by atoms with Crippen molar-refractivity contribution in [1.29, 1.82) is 0 Å². The first-order valence-corrected chi connectivity index (χ1v) is 8.58. The second-order valence-corrected chi connectivity index (χ2v) is 6.83. The highest BCUT2D eigenvalue weighted by atomic mass is 32.2. The molecule has 0 fully saturated rings. The van der Waals surface area contributed by atoms with E-state index < -0.39 is 28.1 Å². The van der Waals surface area contributed by atoms with Gasteiger partial charge in [0.2, 0.25) is 0 Å². The van der Waals surface area contributed by atoms with Crippen molar-refractivity contribution in [3.05, 3.63) is 53.6 Å². The smallest absolute Gasteiger partial charge is 0.465 e. The molecule has 6 nitrogen and oxygen atoms in total. The van der Waals surface area contributed by atoms with Crippen molar-refractivity contribution in [2.45, 2.75) is 18.2 Å². The molecule has 26 heavy (non-hydrogen) atoms. The van der Waals surface area contributed by atoms with Gasteiger partial charge in [-0.05, 0) is 55.0 Å². The largest absolute Gasteiger partial charge is 0.573 e. The second-order valence-electron chi connectivity index (χ2n) is 5.15. The van der Waals surface area contributed by atoms with Crippen LogP contribution in [0.4, 0.5) is 18.9 Å². The van der Waals surface area contributed by atoms with Crippen molar-refractivity contribution in [2.24, 2.45) is 0 Å². The van der Waals surface area contributed by atoms with E-state index in [4.69, 9.17) is 0 Å². The number of aryl methyl sites for hydroxylation is 1. The Hall–Kier alpha value is -2.75. The van der Waals surface area contributed by atoms with Crippen molar-refractivity contribution in [3.63, 3.8) is 0 Å². The monoisotopic (exact) mass is 389 g/mol. The van der Waals surface area contributed by atoms with Crippen LogP contribution in [0.25, 0.3) is 0 Å². The normalized spacial score (nSPS) is 11.7. The zero-order valence-corrected chi connectivity index (χ0v) is 14.4. The highest BCUT2D eigenvalue weighted by Gasteiger charge is 2.31. The lowest BCUT2D eigenvalue weighted by Crippen LogP contribution is -2.17. The number of nitrogens with one attached hydrogen (secondary N) is 1. The lowest BCUT2D eigenvalue weighted by Gasteiger charge is -2.12. The van der Waals surface area contributed by atoms with Crippen molar-refractivity contribution in [2.75, 3.05) is 11.8 Å². The highest BCUT2D eigenvalue weighted by Crippen LogP contribution is 2.25. The van der Waals surface area contributed by atoms with Gasteiger partial charge >= 0.3 is 12.3 Å². The molecule has 0 aliphatic carbocycles. The Morgan fingerprint density at radius 2 is 1.69 bits per heavy atom. The summed E-state index contributed by atoms with van der Waals surface area (Å²) >= 11 is 0. The fraction of sp³-hybridized carbons (Fsp3) is 0.188. The third-order valence-electron chi connectivity index (χ3n) is 3.26. The van der Waals surface area contributed by atoms with Crippen LogP contribution in [0.5, 0.6) is 5.75 Å². The van der Waals surface area contributed by atoms with Crippen LogP contribution >= 0.6 is 0 Å². The van der Waals surface area contributed by atoms with Gasteiger partial charge in [0.1, 0.15) is 5.75 Å². The van der Waals surface area contributed by atoms with Crippen LogP contribution in [0.1, 0.15) is 15.9 Å². The summed E-state index contributed by atoms with van der Waals surface area (Å²) in [7, 11) is -2.82. The molecule has 2 aromatic rings. The maximum atomic E-state index is 12.4. The fourth-order valence-corrected chi connectivity index (χ4v) is 3.18. The van der Waals surface area contributed by atoms with Gasteiger partial charge in [-0.15, -0.1) is 13.2 Å². The number of sulfonamides is 1. The molecule has 0 atom stereocenters. The molecule has 2 rings (SSSR count). The molecule has 0 saturated carbocycles. The highest BCUT2D eigenvalue weighted by molar-refractivity contribution is 7.92. The number of anilines is 1. The number of methoxy groups -OCH3 is 1. The van der Waals surface area contributed by atoms with E-state index >= 15 is 0 Å². The van der Waals surface area contributed by atoms with Crippen molar-refractivity contribution in [1.82, 2.24) is 0 Å². The van der Waals surface area contributed by atoms with Crippen LogP contribution in [0.2, 0.25) is 0 Å². The van der Waals surface area contributed by atoms with E-state index in [2.05, 4.69) is 14.2 Å². The van der Waals surface area contributed by atoms with Crippen LogP contribution in [0.15, 0.2) is 47.4 Å². The maximum absolute atomic E-state index is 12.4. The van der Waals surface area contributed by atoms with Gasteiger partial charge in [0.05, 0.1) is 23.3 Å². The van der Waals surface area contributed by atoms with E-state index in [0.717, 1.165) is 24.3 Å². The Bertz CT molecular complexity index is 908. The van der Waals surface area contributed by atoms with Gasteiger partial charge in [0.15, 0.2) is 0 Å². The standard InChI is InChI=1S/C16H14F3NO5S/c1-10-9-11(15(21)24-2)3-8-14(10)20-26(22,23)13-6-4-12(5-7-13)25-16(17,18)19/h3-9,20H,1-2H3. The lowest BCUT2D eigenvalue weighted by molar-refractivity contribution is -0.274. The molecule has 0 saturated heterocycles. The molecule has 0 bridgehead atoms. The van der Waals surface area contributed by atoms with Crippen LogP contribution in [-0.4, -0.2) is 27.9 Å². The minimum atomic E-state index is -4.86. The van der Waals surface area contributed by atoms with Gasteiger partial charge in [-0.1, -0.05) is 0 Å². The minimum absolute atomic E-state index is 0.216. The summed E-state index contributed by atoms with van der Waals surface area (Å²) in [5, 5.41) is 0. The maximum Gasteiger partial charge on any atom is 0.573 e. The quantitative estimate of drug-likeness (QED) is 0.792. The van der Waals surface area contributed by atoms with E-state index in [1.807, 2.05) is 0 Å². The van der Waals surface area contributed by atoms with Gasteiger partial charge in [0, 0.05) is 0 Å². The molecule has 0 radical (unpaired) electrons. The first-order chi connectivity index (χ1) is 12.0. The summed E-state index contributed by atoms with van der Waals surface area (Å²) in [6.45, 7) is 1.59. The number of hydrogen-bond donors (Lipinski definition) is 1. The zero-order valence-electron chi connectivity index (χ0n) is 13.6. The van der Waals surface area contributed by atoms with E-state index in [0.29, 0.717) is 5.56 Å². The topological polar surface area (TPSA) is 81.7 Å². The number of rotatable bonds is 5. The fourth-order valence-electron chi connectivity index (χ4n) is 2.05. The summed E-state index contributed by atoms with van der Waals surface area (Å²) in [6.07, 6.45) is -4.86. The van der Waals surface area contributed by atoms with Gasteiger partial charge < -0.3 is 9.47 Å². The first-order valence-electron chi connectivity index (χ1n) is 7.09. The zero-order chi connectivity index (χ0) is 19.5. The van der Waals surface area contributed by atoms with Gasteiger partial charge in [-0.2, -0.15) is 0 Å². The second kappa shape index (κ2) is 7.24. The SMILES string of the molecule is COC(=O)c1ccc(NS(=O)(=O)c2ccc(OC(F)(F)F)cc2)c(C)c1. The predicted octanol–water partition coefficient (Wildman–Crippen LogP) is 3.48. The van der Waals surface area contributed by atoms with Crippen molar-refractivity contribution in [3.8, 4) is 5.75 Å². The summed E-state index contributed by atoms with van der Waals surface area (Å²) in [5.74, 6) is -1.10. The molecule has 2 aromatic carbocycles. The van der Waals surface area contributed by atoms with E-state index in [1.165, 1.54) is 25.3 Å². The lowest BCUT2D eigenvalue weighted by atomic mass is 10.1. The third kappa shape index (κ3) is 4.88. The molecule has 1 N–H and O–H groups in total. The number of benzene rings is 2. The Labute approximate surface area is 147 Å². The number of hydrogen-bond acceptors (Lipinski definition) is 5. The summed E-state index contributed by atoms with van der Waals surface area (Å²) < 4.78 is 71.7. The molecular formula is C16H14F3NO5S. The molecule has 10 heteroatoms. The Morgan fingerprint density at radius 1 is 1.08 bits per heavy atom. The Morgan fingerprint density at radius 3 is 2.19 bits per heavy atom. The first kappa shape index (κ1) is 19.6. The van der Waals surface area contributed by atoms with Crippen molar-refractivity contribution < 1.29 is 35.9 Å². The summed E-state index contributed by atoms with van der Waals surface area (Å²) in [6, 6.07) is 7.99. The number of carbonyl (C=O) groups excluding carboxylic acids is 1. The Kier molecular flexibility index (Phi) is 5.45.